The molecule has 0 unspecified atom stereocenters. The van der Waals surface area contributed by atoms with E-state index >= 15 is 0 Å². The molecule has 0 heterocycles. The van der Waals surface area contributed by atoms with Gasteiger partial charge in [0.25, 0.3) is 0 Å². The third-order valence-corrected chi connectivity index (χ3v) is 2.72. The average molecular weight is 428 g/mol. The molecule has 0 saturated carbocycles. The van der Waals surface area contributed by atoms with E-state index < -0.39 is 0 Å². The molecule has 0 saturated heterocycles. The van der Waals surface area contributed by atoms with E-state index in [1.807, 2.05) is 6.07 Å². The highest BCUT2D eigenvalue weighted by molar-refractivity contribution is 14.0. The second-order valence-electron chi connectivity index (χ2n) is 3.34. The Labute approximate surface area is 132 Å². The molecular formula is C12H16BrFIN3. The van der Waals surface area contributed by atoms with Gasteiger partial charge >= 0.3 is 0 Å². The lowest BCUT2D eigenvalue weighted by Crippen LogP contribution is -2.36. The van der Waals surface area contributed by atoms with Crippen molar-refractivity contribution in [3.05, 3.63) is 46.7 Å². The molecule has 0 aliphatic heterocycles. The van der Waals surface area contributed by atoms with Crippen molar-refractivity contribution in [2.24, 2.45) is 4.99 Å². The van der Waals surface area contributed by atoms with E-state index in [1.165, 1.54) is 6.07 Å². The van der Waals surface area contributed by atoms with E-state index in [2.05, 4.69) is 38.1 Å². The summed E-state index contributed by atoms with van der Waals surface area (Å²) in [5.74, 6) is 0.395. The summed E-state index contributed by atoms with van der Waals surface area (Å²) < 4.78 is 13.7. The molecule has 2 N–H and O–H groups in total. The highest BCUT2D eigenvalue weighted by atomic mass is 127. The zero-order valence-corrected chi connectivity index (χ0v) is 14.0. The standard InChI is InChI=1S/C12H15BrFN3.HI/c1-3-6-16-12(15-2)17-8-9-4-5-10(13)11(14)7-9;/h3-5,7H,1,6,8H2,2H3,(H2,15,16,17);1H. The smallest absolute Gasteiger partial charge is 0.191 e. The fraction of sp³-hybridized carbons (Fsp3) is 0.250. The lowest BCUT2D eigenvalue weighted by Gasteiger charge is -2.10. The van der Waals surface area contributed by atoms with E-state index in [9.17, 15) is 4.39 Å². The fourth-order valence-corrected chi connectivity index (χ4v) is 1.47. The van der Waals surface area contributed by atoms with Crippen molar-refractivity contribution in [3.63, 3.8) is 0 Å². The van der Waals surface area contributed by atoms with Crippen LogP contribution in [0.5, 0.6) is 0 Å². The van der Waals surface area contributed by atoms with Crippen LogP contribution < -0.4 is 10.6 Å². The van der Waals surface area contributed by atoms with Gasteiger partial charge in [-0.05, 0) is 33.6 Å². The lowest BCUT2D eigenvalue weighted by atomic mass is 10.2. The van der Waals surface area contributed by atoms with Gasteiger partial charge < -0.3 is 10.6 Å². The first-order valence-electron chi connectivity index (χ1n) is 5.16. The van der Waals surface area contributed by atoms with Gasteiger partial charge in [0.1, 0.15) is 5.82 Å². The minimum absolute atomic E-state index is 0. The predicted molar refractivity (Wildman–Crippen MR) is 87.9 cm³/mol. The van der Waals surface area contributed by atoms with Crippen molar-refractivity contribution in [2.75, 3.05) is 13.6 Å². The van der Waals surface area contributed by atoms with Gasteiger partial charge in [0.05, 0.1) is 4.47 Å². The van der Waals surface area contributed by atoms with Gasteiger partial charge in [0.15, 0.2) is 5.96 Å². The lowest BCUT2D eigenvalue weighted by molar-refractivity contribution is 0.618. The van der Waals surface area contributed by atoms with Crippen LogP contribution in [0.2, 0.25) is 0 Å². The van der Waals surface area contributed by atoms with E-state index in [-0.39, 0.29) is 29.8 Å². The first-order valence-corrected chi connectivity index (χ1v) is 5.96. The molecule has 18 heavy (non-hydrogen) atoms. The molecule has 0 radical (unpaired) electrons. The number of aliphatic imine (C=N–C) groups is 1. The molecule has 3 nitrogen and oxygen atoms in total. The predicted octanol–water partition coefficient (Wildman–Crippen LogP) is 3.06. The maximum absolute atomic E-state index is 13.3. The van der Waals surface area contributed by atoms with Gasteiger partial charge in [-0.3, -0.25) is 4.99 Å². The number of guanidine groups is 1. The molecule has 0 spiro atoms. The van der Waals surface area contributed by atoms with Crippen LogP contribution >= 0.6 is 39.9 Å². The SMILES string of the molecule is C=CCNC(=NC)NCc1ccc(Br)c(F)c1.I. The number of halogens is 3. The molecule has 0 aliphatic carbocycles. The third kappa shape index (κ3) is 5.81. The van der Waals surface area contributed by atoms with Gasteiger partial charge in [-0.15, -0.1) is 30.6 Å². The Hall–Kier alpha value is -0.630. The number of nitrogens with one attached hydrogen (secondary N) is 2. The average Bonchev–Trinajstić information content (AvgIpc) is 2.34. The van der Waals surface area contributed by atoms with E-state index in [1.54, 1.807) is 19.2 Å². The number of hydrogen-bond acceptors (Lipinski definition) is 1. The summed E-state index contributed by atoms with van der Waals surface area (Å²) in [6, 6.07) is 5.02. The maximum atomic E-state index is 13.3. The number of hydrogen-bond donors (Lipinski definition) is 2. The molecule has 0 amide bonds. The first-order chi connectivity index (χ1) is 8.17. The molecule has 0 aromatic heterocycles. The van der Waals surface area contributed by atoms with Crippen molar-refractivity contribution in [1.29, 1.82) is 0 Å². The van der Waals surface area contributed by atoms with E-state index in [0.29, 0.717) is 23.5 Å². The van der Waals surface area contributed by atoms with Crippen LogP contribution in [0, 0.1) is 5.82 Å². The Bertz CT molecular complexity index is 424. The Balaban J connectivity index is 0.00000289. The maximum Gasteiger partial charge on any atom is 0.191 e. The summed E-state index contributed by atoms with van der Waals surface area (Å²) in [5.41, 5.74) is 0.854. The Kier molecular flexibility index (Phi) is 8.99. The van der Waals surface area contributed by atoms with Crippen LogP contribution in [-0.2, 0) is 6.54 Å². The fourth-order valence-electron chi connectivity index (χ4n) is 1.22. The normalized spacial score (nSPS) is 10.5. The van der Waals surface area contributed by atoms with Crippen LogP contribution in [-0.4, -0.2) is 19.6 Å². The molecule has 0 fully saturated rings. The van der Waals surface area contributed by atoms with Gasteiger partial charge in [0.2, 0.25) is 0 Å². The zero-order valence-electron chi connectivity index (χ0n) is 10.0. The molecule has 1 rings (SSSR count). The molecule has 6 heteroatoms. The molecule has 0 bridgehead atoms. The third-order valence-electron chi connectivity index (χ3n) is 2.08. The second-order valence-corrected chi connectivity index (χ2v) is 4.20. The van der Waals surface area contributed by atoms with Gasteiger partial charge in [-0.2, -0.15) is 0 Å². The monoisotopic (exact) mass is 427 g/mol. The first kappa shape index (κ1) is 17.4. The zero-order chi connectivity index (χ0) is 12.7. The second kappa shape index (κ2) is 9.32. The summed E-state index contributed by atoms with van der Waals surface area (Å²) in [4.78, 5) is 4.02. The summed E-state index contributed by atoms with van der Waals surface area (Å²) in [5, 5.41) is 6.11. The quantitative estimate of drug-likeness (QED) is 0.335. The molecule has 1 aromatic rings. The molecule has 1 aromatic carbocycles. The van der Waals surface area contributed by atoms with E-state index in [0.717, 1.165) is 5.56 Å². The van der Waals surface area contributed by atoms with Crippen LogP contribution in [0.25, 0.3) is 0 Å². The summed E-state index contributed by atoms with van der Waals surface area (Å²) >= 11 is 3.11. The molecule has 0 atom stereocenters. The van der Waals surface area contributed by atoms with Crippen molar-refractivity contribution in [1.82, 2.24) is 10.6 Å². The van der Waals surface area contributed by atoms with E-state index in [4.69, 9.17) is 0 Å². The number of rotatable bonds is 4. The molecule has 0 aliphatic rings. The molecular weight excluding hydrogens is 412 g/mol. The van der Waals surface area contributed by atoms with Crippen LogP contribution in [0.15, 0.2) is 40.3 Å². The highest BCUT2D eigenvalue weighted by Gasteiger charge is 2.01. The minimum atomic E-state index is -0.265. The van der Waals surface area contributed by atoms with Gasteiger partial charge in [0, 0.05) is 20.1 Å². The summed E-state index contributed by atoms with van der Waals surface area (Å²) in [6.07, 6.45) is 1.74. The highest BCUT2D eigenvalue weighted by Crippen LogP contribution is 2.16. The Morgan fingerprint density at radius 2 is 2.22 bits per heavy atom. The van der Waals surface area contributed by atoms with Gasteiger partial charge in [-0.1, -0.05) is 12.1 Å². The topological polar surface area (TPSA) is 36.4 Å². The number of benzene rings is 1. The van der Waals surface area contributed by atoms with Gasteiger partial charge in [-0.25, -0.2) is 4.39 Å². The van der Waals surface area contributed by atoms with Crippen LogP contribution in [0.1, 0.15) is 5.56 Å². The van der Waals surface area contributed by atoms with Crippen LogP contribution in [0.3, 0.4) is 0 Å². The Morgan fingerprint density at radius 1 is 1.50 bits per heavy atom. The van der Waals surface area contributed by atoms with Crippen LogP contribution in [0.4, 0.5) is 4.39 Å². The largest absolute Gasteiger partial charge is 0.353 e. The number of nitrogens with zero attached hydrogens (tertiary/aromatic N) is 1. The van der Waals surface area contributed by atoms with Crippen molar-refractivity contribution in [2.45, 2.75) is 6.54 Å². The summed E-state index contributed by atoms with van der Waals surface area (Å²) in [7, 11) is 1.68. The summed E-state index contributed by atoms with van der Waals surface area (Å²) in [6.45, 7) is 4.75. The Morgan fingerprint density at radius 3 is 2.78 bits per heavy atom. The van der Waals surface area contributed by atoms with Crippen molar-refractivity contribution >= 4 is 45.9 Å². The van der Waals surface area contributed by atoms with Crippen molar-refractivity contribution in [3.8, 4) is 0 Å². The van der Waals surface area contributed by atoms with Crippen molar-refractivity contribution < 1.29 is 4.39 Å². The molecule has 100 valence electrons. The minimum Gasteiger partial charge on any atom is -0.353 e.